The van der Waals surface area contributed by atoms with Crippen LogP contribution in [0, 0.1) is 5.92 Å². The van der Waals surface area contributed by atoms with Crippen LogP contribution in [0.4, 0.5) is 0 Å². The minimum absolute atomic E-state index is 0.161. The van der Waals surface area contributed by atoms with Gasteiger partial charge in [-0.3, -0.25) is 13.8 Å². The van der Waals surface area contributed by atoms with Crippen molar-refractivity contribution in [1.29, 1.82) is 0 Å². The highest BCUT2D eigenvalue weighted by Crippen LogP contribution is 2.38. The van der Waals surface area contributed by atoms with Gasteiger partial charge >= 0.3 is 0 Å². The van der Waals surface area contributed by atoms with Gasteiger partial charge in [-0.15, -0.1) is 0 Å². The van der Waals surface area contributed by atoms with Crippen molar-refractivity contribution in [2.45, 2.75) is 11.2 Å². The number of carbonyl (C=O) groups excluding carboxylic acids is 2. The number of carbonyl (C=O) groups is 2. The predicted molar refractivity (Wildman–Crippen MR) is 115 cm³/mol. The van der Waals surface area contributed by atoms with Crippen LogP contribution in [-0.4, -0.2) is 21.0 Å². The number of allylic oxidation sites excluding steroid dienone is 1. The number of benzene rings is 3. The lowest BCUT2D eigenvalue weighted by molar-refractivity contribution is 0.0847. The Morgan fingerprint density at radius 3 is 1.69 bits per heavy atom. The number of Topliss-reactive ketones (excluding diaryl/α,β-unsaturated/α-hetero) is 2. The average Bonchev–Trinajstić information content (AvgIpc) is 2.79. The van der Waals surface area contributed by atoms with Crippen LogP contribution in [0.15, 0.2) is 102 Å². The van der Waals surface area contributed by atoms with Crippen molar-refractivity contribution in [3.05, 3.63) is 119 Å². The summed E-state index contributed by atoms with van der Waals surface area (Å²) in [6.07, 6.45) is 1.81. The maximum atomic E-state index is 13.6. The molecule has 1 heterocycles. The predicted octanol–water partition coefficient (Wildman–Crippen LogP) is 4.80. The summed E-state index contributed by atoms with van der Waals surface area (Å²) in [5.74, 6) is -1.48. The van der Waals surface area contributed by atoms with Gasteiger partial charge in [-0.1, -0.05) is 97.1 Å². The van der Waals surface area contributed by atoms with Crippen molar-refractivity contribution in [3.8, 4) is 0 Å². The zero-order chi connectivity index (χ0) is 20.2. The summed E-state index contributed by atoms with van der Waals surface area (Å²) in [6, 6.07) is 27.3. The van der Waals surface area contributed by atoms with Crippen LogP contribution in [-0.2, 0) is 10.8 Å². The Morgan fingerprint density at radius 1 is 0.655 bits per heavy atom. The van der Waals surface area contributed by atoms with Crippen molar-refractivity contribution in [2.24, 2.45) is 5.92 Å². The van der Waals surface area contributed by atoms with Gasteiger partial charge in [0.25, 0.3) is 0 Å². The number of hydrogen-bond donors (Lipinski definition) is 0. The summed E-state index contributed by atoms with van der Waals surface area (Å²) in [4.78, 5) is 26.9. The molecule has 1 aliphatic heterocycles. The molecule has 4 atom stereocenters. The van der Waals surface area contributed by atoms with Gasteiger partial charge in [0.2, 0.25) is 0 Å². The molecule has 0 spiro atoms. The Morgan fingerprint density at radius 2 is 1.14 bits per heavy atom. The van der Waals surface area contributed by atoms with Crippen molar-refractivity contribution < 1.29 is 13.8 Å². The van der Waals surface area contributed by atoms with Crippen molar-refractivity contribution in [2.75, 3.05) is 0 Å². The Hall–Kier alpha value is -3.11. The van der Waals surface area contributed by atoms with E-state index < -0.39 is 22.0 Å². The Labute approximate surface area is 172 Å². The van der Waals surface area contributed by atoms with Gasteiger partial charge in [0, 0.05) is 17.0 Å². The number of ketones is 2. The quantitative estimate of drug-likeness (QED) is 0.578. The maximum absolute atomic E-state index is 13.6. The second-order valence-corrected chi connectivity index (χ2v) is 8.44. The van der Waals surface area contributed by atoms with Crippen LogP contribution in [0.2, 0.25) is 0 Å². The van der Waals surface area contributed by atoms with Crippen molar-refractivity contribution >= 4 is 22.4 Å². The van der Waals surface area contributed by atoms with E-state index in [2.05, 4.69) is 0 Å². The fraction of sp³-hybridized carbons (Fsp3) is 0.120. The monoisotopic (exact) mass is 400 g/mol. The summed E-state index contributed by atoms with van der Waals surface area (Å²) in [5, 5.41) is 0.637. The molecule has 0 fully saturated rings. The van der Waals surface area contributed by atoms with E-state index in [0.29, 0.717) is 11.1 Å². The Kier molecular flexibility index (Phi) is 5.63. The zero-order valence-electron chi connectivity index (χ0n) is 15.7. The van der Waals surface area contributed by atoms with Gasteiger partial charge in [0.05, 0.1) is 16.7 Å². The lowest BCUT2D eigenvalue weighted by Gasteiger charge is -2.33. The molecule has 3 nitrogen and oxygen atoms in total. The third-order valence-corrected chi connectivity index (χ3v) is 6.68. The molecule has 144 valence electrons. The summed E-state index contributed by atoms with van der Waals surface area (Å²) < 4.78 is 13.0. The molecule has 29 heavy (non-hydrogen) atoms. The van der Waals surface area contributed by atoms with Gasteiger partial charge in [-0.05, 0) is 11.0 Å². The second-order valence-electron chi connectivity index (χ2n) is 7.00. The summed E-state index contributed by atoms with van der Waals surface area (Å²) in [7, 11) is -1.58. The summed E-state index contributed by atoms with van der Waals surface area (Å²) in [6.45, 7) is 0. The first-order valence-corrected chi connectivity index (χ1v) is 10.8. The molecule has 0 aromatic heterocycles. The fourth-order valence-corrected chi connectivity index (χ4v) is 5.25. The molecule has 1 aliphatic rings. The minimum Gasteiger partial charge on any atom is -0.294 e. The average molecular weight is 400 g/mol. The largest absolute Gasteiger partial charge is 0.294 e. The van der Waals surface area contributed by atoms with Crippen LogP contribution in [0.5, 0.6) is 0 Å². The summed E-state index contributed by atoms with van der Waals surface area (Å²) >= 11 is 0. The van der Waals surface area contributed by atoms with Gasteiger partial charge in [-0.2, -0.15) is 0 Å². The van der Waals surface area contributed by atoms with Gasteiger partial charge in [-0.25, -0.2) is 0 Å². The highest BCUT2D eigenvalue weighted by molar-refractivity contribution is 7.89. The molecule has 0 N–H and O–H groups in total. The maximum Gasteiger partial charge on any atom is 0.179 e. The molecular formula is C25H20O3S. The Bertz CT molecular complexity index is 1060. The molecule has 0 aliphatic carbocycles. The highest BCUT2D eigenvalue weighted by atomic mass is 32.2. The van der Waals surface area contributed by atoms with Crippen LogP contribution >= 0.6 is 0 Å². The first-order chi connectivity index (χ1) is 14.2. The lowest BCUT2D eigenvalue weighted by Crippen LogP contribution is -2.43. The molecule has 4 rings (SSSR count). The normalized spacial score (nSPS) is 23.4. The molecule has 3 aromatic rings. The van der Waals surface area contributed by atoms with Gasteiger partial charge in [0.1, 0.15) is 5.25 Å². The van der Waals surface area contributed by atoms with E-state index in [-0.39, 0.29) is 17.5 Å². The molecule has 0 amide bonds. The molecule has 0 bridgehead atoms. The van der Waals surface area contributed by atoms with E-state index in [1.54, 1.807) is 53.9 Å². The van der Waals surface area contributed by atoms with Crippen LogP contribution < -0.4 is 0 Å². The van der Waals surface area contributed by atoms with E-state index in [4.69, 9.17) is 0 Å². The van der Waals surface area contributed by atoms with Gasteiger partial charge < -0.3 is 0 Å². The van der Waals surface area contributed by atoms with E-state index in [1.165, 1.54) is 0 Å². The van der Waals surface area contributed by atoms with E-state index >= 15 is 0 Å². The topological polar surface area (TPSA) is 51.2 Å². The number of hydrogen-bond acceptors (Lipinski definition) is 3. The molecule has 0 saturated heterocycles. The molecule has 0 radical (unpaired) electrons. The molecule has 0 saturated carbocycles. The molecule has 1 unspecified atom stereocenters. The highest BCUT2D eigenvalue weighted by Gasteiger charge is 2.44. The minimum atomic E-state index is -1.58. The first-order valence-electron chi connectivity index (χ1n) is 9.48. The standard InChI is InChI=1S/C25H20O3S/c26-23(19-12-6-2-7-13-19)22-21(18-10-4-1-5-11-18)16-17-29(28)25(22)24(27)20-14-8-3-9-15-20/h1-17,21-22,25H/t21-,22+,25-,29?/m0/s1. The zero-order valence-corrected chi connectivity index (χ0v) is 16.5. The smallest absolute Gasteiger partial charge is 0.179 e. The second kappa shape index (κ2) is 8.50. The third-order valence-electron chi connectivity index (χ3n) is 5.25. The van der Waals surface area contributed by atoms with E-state index in [1.807, 2.05) is 48.5 Å². The number of rotatable bonds is 5. The third kappa shape index (κ3) is 3.89. The van der Waals surface area contributed by atoms with Crippen LogP contribution in [0.25, 0.3) is 0 Å². The van der Waals surface area contributed by atoms with Gasteiger partial charge in [0.15, 0.2) is 11.6 Å². The van der Waals surface area contributed by atoms with Crippen molar-refractivity contribution in [3.63, 3.8) is 0 Å². The van der Waals surface area contributed by atoms with E-state index in [0.717, 1.165) is 5.56 Å². The fourth-order valence-electron chi connectivity index (χ4n) is 3.82. The molecule has 4 heteroatoms. The molecular weight excluding hydrogens is 380 g/mol. The summed E-state index contributed by atoms with van der Waals surface area (Å²) in [5.41, 5.74) is 1.93. The SMILES string of the molecule is O=C(c1ccccc1)[C@@H]1[C@@H](C(=O)c2ccccc2)S(=O)C=C[C@H]1c1ccccc1. The lowest BCUT2D eigenvalue weighted by atomic mass is 9.77. The van der Waals surface area contributed by atoms with Crippen LogP contribution in [0.1, 0.15) is 32.2 Å². The van der Waals surface area contributed by atoms with E-state index in [9.17, 15) is 13.8 Å². The first kappa shape index (κ1) is 19.2. The Balaban J connectivity index is 1.83. The van der Waals surface area contributed by atoms with Crippen molar-refractivity contribution in [1.82, 2.24) is 0 Å². The molecule has 3 aromatic carbocycles. The van der Waals surface area contributed by atoms with Crippen LogP contribution in [0.3, 0.4) is 0 Å².